The first-order valence-electron chi connectivity index (χ1n) is 8.30. The monoisotopic (exact) mass is 434 g/mol. The zero-order valence-electron chi connectivity index (χ0n) is 14.6. The van der Waals surface area contributed by atoms with Crippen LogP contribution in [0.3, 0.4) is 0 Å². The Morgan fingerprint density at radius 3 is 2.92 bits per heavy atom. The zero-order chi connectivity index (χ0) is 18.8. The maximum Gasteiger partial charge on any atom is 0.338 e. The molecule has 1 saturated heterocycles. The van der Waals surface area contributed by atoms with Crippen LogP contribution in [0.1, 0.15) is 31.9 Å². The Bertz CT molecular complexity index is 834. The van der Waals surface area contributed by atoms with Crippen LogP contribution < -0.4 is 0 Å². The Morgan fingerprint density at radius 1 is 1.50 bits per heavy atom. The summed E-state index contributed by atoms with van der Waals surface area (Å²) < 4.78 is 6.16. The van der Waals surface area contributed by atoms with Crippen LogP contribution in [0.2, 0.25) is 0 Å². The van der Waals surface area contributed by atoms with E-state index in [1.807, 2.05) is 31.2 Å². The molecular weight excluding hydrogens is 416 g/mol. The number of hydrogen-bond donors (Lipinski definition) is 0. The van der Waals surface area contributed by atoms with E-state index in [2.05, 4.69) is 27.5 Å². The second-order valence-electron chi connectivity index (χ2n) is 5.96. The molecule has 0 N–H and O–H groups in total. The standard InChI is InChI=1S/C19H19BrN2O3S/c1-4-9-25-18(24)15-11(3)21-19-22(17(23)14(5-2)26-19)16(15)12-7-6-8-13(20)10-12/h4,6-8,10,14,16H,1,5,9H2,2-3H3. The number of fused-ring (bicyclic) bond motifs is 1. The molecule has 1 aromatic rings. The lowest BCUT2D eigenvalue weighted by molar-refractivity contribution is -0.139. The van der Waals surface area contributed by atoms with Gasteiger partial charge in [0.2, 0.25) is 5.91 Å². The minimum absolute atomic E-state index is 0.0252. The van der Waals surface area contributed by atoms with Gasteiger partial charge in [0.25, 0.3) is 0 Å². The number of benzene rings is 1. The fourth-order valence-corrected chi connectivity index (χ4v) is 4.61. The van der Waals surface area contributed by atoms with Crippen LogP contribution in [-0.4, -0.2) is 33.8 Å². The molecule has 2 atom stereocenters. The molecule has 2 heterocycles. The maximum absolute atomic E-state index is 12.9. The predicted octanol–water partition coefficient (Wildman–Crippen LogP) is 4.22. The van der Waals surface area contributed by atoms with Crippen LogP contribution in [0.4, 0.5) is 0 Å². The van der Waals surface area contributed by atoms with E-state index in [0.29, 0.717) is 22.9 Å². The molecule has 0 saturated carbocycles. The Morgan fingerprint density at radius 2 is 2.27 bits per heavy atom. The van der Waals surface area contributed by atoms with Gasteiger partial charge in [0.15, 0.2) is 5.17 Å². The van der Waals surface area contributed by atoms with Gasteiger partial charge in [-0.25, -0.2) is 9.79 Å². The Hall–Kier alpha value is -1.86. The highest BCUT2D eigenvalue weighted by atomic mass is 79.9. The number of allylic oxidation sites excluding steroid dienone is 1. The third kappa shape index (κ3) is 3.38. The van der Waals surface area contributed by atoms with Crippen LogP contribution in [0.5, 0.6) is 0 Å². The molecule has 0 radical (unpaired) electrons. The van der Waals surface area contributed by atoms with Gasteiger partial charge in [-0.1, -0.05) is 59.4 Å². The van der Waals surface area contributed by atoms with Crippen molar-refractivity contribution in [2.24, 2.45) is 4.99 Å². The molecule has 0 aromatic heterocycles. The number of amidine groups is 1. The summed E-state index contributed by atoms with van der Waals surface area (Å²) in [6, 6.07) is 7.07. The first kappa shape index (κ1) is 18.9. The highest BCUT2D eigenvalue weighted by molar-refractivity contribution is 9.10. The number of esters is 1. The number of nitrogens with zero attached hydrogens (tertiary/aromatic N) is 2. The van der Waals surface area contributed by atoms with Gasteiger partial charge in [-0.05, 0) is 31.0 Å². The number of amides is 1. The largest absolute Gasteiger partial charge is 0.458 e. The van der Waals surface area contributed by atoms with Crippen molar-refractivity contribution in [1.29, 1.82) is 0 Å². The normalized spacial score (nSPS) is 22.2. The lowest BCUT2D eigenvalue weighted by Crippen LogP contribution is -2.40. The molecule has 2 aliphatic heterocycles. The number of halogens is 1. The molecule has 1 amide bonds. The minimum Gasteiger partial charge on any atom is -0.458 e. The topological polar surface area (TPSA) is 59.0 Å². The molecule has 3 rings (SSSR count). The summed E-state index contributed by atoms with van der Waals surface area (Å²) in [6.07, 6.45) is 2.23. The average Bonchev–Trinajstić information content (AvgIpc) is 2.93. The van der Waals surface area contributed by atoms with Crippen molar-refractivity contribution in [3.63, 3.8) is 0 Å². The molecule has 2 unspecified atom stereocenters. The van der Waals surface area contributed by atoms with Gasteiger partial charge in [0.05, 0.1) is 22.6 Å². The van der Waals surface area contributed by atoms with Gasteiger partial charge in [-0.15, -0.1) is 0 Å². The average molecular weight is 435 g/mol. The van der Waals surface area contributed by atoms with Gasteiger partial charge in [-0.3, -0.25) is 9.69 Å². The summed E-state index contributed by atoms with van der Waals surface area (Å²) >= 11 is 4.92. The molecule has 0 spiro atoms. The smallest absolute Gasteiger partial charge is 0.338 e. The lowest BCUT2D eigenvalue weighted by Gasteiger charge is -2.33. The predicted molar refractivity (Wildman–Crippen MR) is 107 cm³/mol. The molecule has 136 valence electrons. The van der Waals surface area contributed by atoms with E-state index in [4.69, 9.17) is 4.74 Å². The van der Waals surface area contributed by atoms with Gasteiger partial charge >= 0.3 is 5.97 Å². The van der Waals surface area contributed by atoms with E-state index in [-0.39, 0.29) is 17.8 Å². The van der Waals surface area contributed by atoms with Gasteiger partial charge in [-0.2, -0.15) is 0 Å². The van der Waals surface area contributed by atoms with Crippen molar-refractivity contribution in [1.82, 2.24) is 4.90 Å². The van der Waals surface area contributed by atoms with Crippen molar-refractivity contribution in [3.8, 4) is 0 Å². The first-order chi connectivity index (χ1) is 12.5. The van der Waals surface area contributed by atoms with Gasteiger partial charge in [0, 0.05) is 4.47 Å². The molecule has 1 fully saturated rings. The summed E-state index contributed by atoms with van der Waals surface area (Å²) in [5.41, 5.74) is 1.80. The van der Waals surface area contributed by atoms with Crippen molar-refractivity contribution in [2.45, 2.75) is 31.6 Å². The van der Waals surface area contributed by atoms with Crippen molar-refractivity contribution >= 4 is 44.7 Å². The minimum atomic E-state index is -0.547. The third-order valence-corrected chi connectivity index (χ3v) is 6.05. The van der Waals surface area contributed by atoms with Crippen LogP contribution in [0.15, 0.2) is 57.7 Å². The summed E-state index contributed by atoms with van der Waals surface area (Å²) in [6.45, 7) is 7.44. The second-order valence-corrected chi connectivity index (χ2v) is 8.05. The van der Waals surface area contributed by atoms with E-state index in [0.717, 1.165) is 10.0 Å². The molecule has 0 bridgehead atoms. The van der Waals surface area contributed by atoms with Crippen LogP contribution in [-0.2, 0) is 14.3 Å². The number of ether oxygens (including phenoxy) is 1. The molecule has 0 aliphatic carbocycles. The summed E-state index contributed by atoms with van der Waals surface area (Å²) in [4.78, 5) is 31.8. The van der Waals surface area contributed by atoms with Crippen molar-refractivity contribution in [2.75, 3.05) is 6.61 Å². The molecule has 26 heavy (non-hydrogen) atoms. The number of thioether (sulfide) groups is 1. The van der Waals surface area contributed by atoms with E-state index in [1.54, 1.807) is 11.8 Å². The van der Waals surface area contributed by atoms with Crippen molar-refractivity contribution < 1.29 is 14.3 Å². The highest BCUT2D eigenvalue weighted by Crippen LogP contribution is 2.44. The van der Waals surface area contributed by atoms with E-state index >= 15 is 0 Å². The number of carbonyl (C=O) groups excluding carboxylic acids is 2. The Balaban J connectivity index is 2.12. The molecule has 2 aliphatic rings. The fraction of sp³-hybridized carbons (Fsp3) is 0.316. The first-order valence-corrected chi connectivity index (χ1v) is 9.97. The van der Waals surface area contributed by atoms with Crippen molar-refractivity contribution in [3.05, 3.63) is 58.2 Å². The van der Waals surface area contributed by atoms with E-state index in [1.165, 1.54) is 17.8 Å². The van der Waals surface area contributed by atoms with E-state index < -0.39 is 12.0 Å². The van der Waals surface area contributed by atoms with Gasteiger partial charge < -0.3 is 4.74 Å². The second kappa shape index (κ2) is 7.80. The fourth-order valence-electron chi connectivity index (χ4n) is 3.05. The SMILES string of the molecule is C=CCOC(=O)C1=C(C)N=C2SC(CC)C(=O)N2C1c1cccc(Br)c1. The third-order valence-electron chi connectivity index (χ3n) is 4.24. The number of aliphatic imine (C=N–C) groups is 1. The molecule has 1 aromatic carbocycles. The molecular formula is C19H19BrN2O3S. The number of hydrogen-bond acceptors (Lipinski definition) is 5. The highest BCUT2D eigenvalue weighted by Gasteiger charge is 2.47. The molecule has 5 nitrogen and oxygen atoms in total. The zero-order valence-corrected chi connectivity index (χ0v) is 17.0. The quantitative estimate of drug-likeness (QED) is 0.514. The Kier molecular flexibility index (Phi) is 5.67. The lowest BCUT2D eigenvalue weighted by atomic mass is 9.94. The summed E-state index contributed by atoms with van der Waals surface area (Å²) in [7, 11) is 0. The van der Waals surface area contributed by atoms with E-state index in [9.17, 15) is 9.59 Å². The van der Waals surface area contributed by atoms with Crippen LogP contribution in [0, 0.1) is 0 Å². The maximum atomic E-state index is 12.9. The van der Waals surface area contributed by atoms with Crippen LogP contribution >= 0.6 is 27.7 Å². The van der Waals surface area contributed by atoms with Crippen LogP contribution in [0.25, 0.3) is 0 Å². The number of rotatable bonds is 5. The molecule has 7 heteroatoms. The number of carbonyl (C=O) groups is 2. The van der Waals surface area contributed by atoms with Gasteiger partial charge in [0.1, 0.15) is 6.61 Å². The summed E-state index contributed by atoms with van der Waals surface area (Å²) in [5, 5.41) is 0.462. The summed E-state index contributed by atoms with van der Waals surface area (Å²) in [5.74, 6) is -0.504. The Labute approximate surface area is 165 Å².